The van der Waals surface area contributed by atoms with Gasteiger partial charge in [0, 0.05) is 50.6 Å². The van der Waals surface area contributed by atoms with Crippen molar-refractivity contribution in [1.29, 1.82) is 5.26 Å². The van der Waals surface area contributed by atoms with E-state index < -0.39 is 11.7 Å². The van der Waals surface area contributed by atoms with Crippen LogP contribution in [0.2, 0.25) is 0 Å². The molecule has 4 rings (SSSR count). The summed E-state index contributed by atoms with van der Waals surface area (Å²) in [7, 11) is 1.63. The quantitative estimate of drug-likeness (QED) is 0.682. The van der Waals surface area contributed by atoms with Crippen molar-refractivity contribution >= 4 is 17.4 Å². The molecule has 0 radical (unpaired) electrons. The van der Waals surface area contributed by atoms with E-state index in [9.17, 15) is 18.0 Å². The Balaban J connectivity index is 1.49. The number of amides is 2. The van der Waals surface area contributed by atoms with Gasteiger partial charge < -0.3 is 19.9 Å². The Bertz CT molecular complexity index is 1060. The summed E-state index contributed by atoms with van der Waals surface area (Å²) in [4.78, 5) is 16.4. The third kappa shape index (κ3) is 4.82. The Morgan fingerprint density at radius 1 is 1.21 bits per heavy atom. The van der Waals surface area contributed by atoms with Crippen molar-refractivity contribution in [2.45, 2.75) is 19.0 Å². The van der Waals surface area contributed by atoms with Crippen LogP contribution >= 0.6 is 0 Å². The third-order valence-electron chi connectivity index (χ3n) is 7.05. The van der Waals surface area contributed by atoms with Gasteiger partial charge in [-0.15, -0.1) is 0 Å². The lowest BCUT2D eigenvalue weighted by atomic mass is 9.71. The topological polar surface area (TPSA) is 68.6 Å². The molecular weight excluding hydrogens is 445 g/mol. The Labute approximate surface area is 196 Å². The van der Waals surface area contributed by atoms with Crippen LogP contribution in [-0.4, -0.2) is 50.8 Å². The molecule has 0 saturated carbocycles. The molecule has 2 aliphatic rings. The molecule has 1 spiro atoms. The second-order valence-corrected chi connectivity index (χ2v) is 9.02. The number of carbonyl (C=O) groups is 1. The van der Waals surface area contributed by atoms with Crippen LogP contribution in [0.15, 0.2) is 48.5 Å². The highest BCUT2D eigenvalue weighted by molar-refractivity contribution is 5.89. The summed E-state index contributed by atoms with van der Waals surface area (Å²) in [5, 5.41) is 12.0. The Morgan fingerprint density at radius 2 is 1.91 bits per heavy atom. The first-order chi connectivity index (χ1) is 16.3. The Kier molecular flexibility index (Phi) is 6.71. The van der Waals surface area contributed by atoms with Crippen molar-refractivity contribution in [2.75, 3.05) is 50.1 Å². The van der Waals surface area contributed by atoms with Gasteiger partial charge in [-0.05, 0) is 48.6 Å². The number of alkyl halides is 3. The molecule has 1 unspecified atom stereocenters. The molecule has 1 N–H and O–H groups in total. The van der Waals surface area contributed by atoms with E-state index in [1.165, 1.54) is 6.07 Å². The number of piperidine rings is 1. The van der Waals surface area contributed by atoms with Gasteiger partial charge in [-0.2, -0.15) is 18.4 Å². The van der Waals surface area contributed by atoms with Crippen molar-refractivity contribution in [3.8, 4) is 6.07 Å². The number of anilines is 2. The number of hydrogen-bond acceptors (Lipinski definition) is 4. The maximum atomic E-state index is 13.5. The second kappa shape index (κ2) is 9.55. The lowest BCUT2D eigenvalue weighted by molar-refractivity contribution is -0.137. The number of urea groups is 1. The molecule has 2 aliphatic heterocycles. The van der Waals surface area contributed by atoms with E-state index in [0.29, 0.717) is 38.5 Å². The van der Waals surface area contributed by atoms with Crippen LogP contribution in [0.1, 0.15) is 24.0 Å². The molecule has 2 amide bonds. The lowest BCUT2D eigenvalue weighted by Gasteiger charge is -2.42. The summed E-state index contributed by atoms with van der Waals surface area (Å²) < 4.78 is 45.9. The molecule has 2 saturated heterocycles. The van der Waals surface area contributed by atoms with Crippen molar-refractivity contribution in [3.63, 3.8) is 0 Å². The summed E-state index contributed by atoms with van der Waals surface area (Å²) in [5.41, 5.74) is -0.265. The summed E-state index contributed by atoms with van der Waals surface area (Å²) in [5.74, 6) is 0.127. The van der Waals surface area contributed by atoms with E-state index in [4.69, 9.17) is 10.00 Å². The molecule has 180 valence electrons. The monoisotopic (exact) mass is 472 g/mol. The SMILES string of the molecule is COCC1CN(c2ccc(C#N)c(C(F)(F)F)c2)CC12CCN(C(=O)Nc1ccccc1)CC2. The summed E-state index contributed by atoms with van der Waals surface area (Å²) in [6.07, 6.45) is -3.12. The van der Waals surface area contributed by atoms with E-state index in [2.05, 4.69) is 5.32 Å². The molecule has 2 fully saturated rings. The molecule has 1 atom stereocenters. The highest BCUT2D eigenvalue weighted by Gasteiger charge is 2.49. The van der Waals surface area contributed by atoms with Crippen LogP contribution in [0, 0.1) is 22.7 Å². The van der Waals surface area contributed by atoms with Gasteiger partial charge in [0.2, 0.25) is 0 Å². The van der Waals surface area contributed by atoms with E-state index in [1.54, 1.807) is 24.1 Å². The number of hydrogen-bond donors (Lipinski definition) is 1. The van der Waals surface area contributed by atoms with Gasteiger partial charge in [-0.3, -0.25) is 0 Å². The molecule has 2 aromatic carbocycles. The van der Waals surface area contributed by atoms with E-state index in [1.807, 2.05) is 35.2 Å². The molecule has 9 heteroatoms. The molecule has 0 aliphatic carbocycles. The highest BCUT2D eigenvalue weighted by Crippen LogP contribution is 2.47. The molecule has 2 aromatic rings. The maximum Gasteiger partial charge on any atom is 0.417 e. The number of likely N-dealkylation sites (tertiary alicyclic amines) is 1. The number of nitrogens with one attached hydrogen (secondary N) is 1. The fraction of sp³-hybridized carbons (Fsp3) is 0.440. The molecule has 0 bridgehead atoms. The van der Waals surface area contributed by atoms with E-state index in [0.717, 1.165) is 24.6 Å². The van der Waals surface area contributed by atoms with Crippen LogP contribution in [-0.2, 0) is 10.9 Å². The minimum atomic E-state index is -4.60. The normalized spacial score (nSPS) is 19.8. The molecule has 0 aromatic heterocycles. The first-order valence-electron chi connectivity index (χ1n) is 11.2. The Morgan fingerprint density at radius 3 is 2.53 bits per heavy atom. The molecule has 34 heavy (non-hydrogen) atoms. The molecule has 6 nitrogen and oxygen atoms in total. The lowest BCUT2D eigenvalue weighted by Crippen LogP contribution is -2.48. The van der Waals surface area contributed by atoms with Gasteiger partial charge in [-0.1, -0.05) is 18.2 Å². The van der Waals surface area contributed by atoms with Crippen LogP contribution in [0.4, 0.5) is 29.3 Å². The zero-order valence-corrected chi connectivity index (χ0v) is 18.9. The van der Waals surface area contributed by atoms with Crippen LogP contribution in [0.5, 0.6) is 0 Å². The maximum absolute atomic E-state index is 13.5. The van der Waals surface area contributed by atoms with Crippen LogP contribution in [0.25, 0.3) is 0 Å². The fourth-order valence-corrected chi connectivity index (χ4v) is 5.17. The smallest absolute Gasteiger partial charge is 0.384 e. The van der Waals surface area contributed by atoms with Crippen molar-refractivity contribution in [1.82, 2.24) is 4.90 Å². The van der Waals surface area contributed by atoms with Gasteiger partial charge in [0.05, 0.1) is 23.8 Å². The molecule has 2 heterocycles. The predicted octanol–water partition coefficient (Wildman–Crippen LogP) is 4.97. The fourth-order valence-electron chi connectivity index (χ4n) is 5.17. The average molecular weight is 473 g/mol. The second-order valence-electron chi connectivity index (χ2n) is 9.02. The number of benzene rings is 2. The average Bonchev–Trinajstić information content (AvgIpc) is 3.17. The van der Waals surface area contributed by atoms with Gasteiger partial charge in [0.25, 0.3) is 0 Å². The van der Waals surface area contributed by atoms with Gasteiger partial charge in [0.15, 0.2) is 0 Å². The largest absolute Gasteiger partial charge is 0.417 e. The van der Waals surface area contributed by atoms with E-state index in [-0.39, 0.29) is 22.9 Å². The van der Waals surface area contributed by atoms with E-state index >= 15 is 0 Å². The van der Waals surface area contributed by atoms with Gasteiger partial charge in [0.1, 0.15) is 0 Å². The van der Waals surface area contributed by atoms with Crippen LogP contribution < -0.4 is 10.2 Å². The number of methoxy groups -OCH3 is 1. The standard InChI is InChI=1S/C25H27F3N4O2/c1-34-16-19-15-32(21-8-7-18(14-29)22(13-21)25(26,27)28)17-24(19)9-11-31(12-10-24)23(33)30-20-5-3-2-4-6-20/h2-8,13,19H,9-12,15-17H2,1H3,(H,30,33). The number of nitrogens with zero attached hydrogens (tertiary/aromatic N) is 3. The zero-order chi connectivity index (χ0) is 24.3. The van der Waals surface area contributed by atoms with Gasteiger partial charge >= 0.3 is 12.2 Å². The minimum Gasteiger partial charge on any atom is -0.384 e. The molecular formula is C25H27F3N4O2. The third-order valence-corrected chi connectivity index (χ3v) is 7.05. The first kappa shape index (κ1) is 23.9. The number of para-hydroxylation sites is 1. The van der Waals surface area contributed by atoms with Crippen molar-refractivity contribution in [3.05, 3.63) is 59.7 Å². The zero-order valence-electron chi connectivity index (χ0n) is 18.9. The highest BCUT2D eigenvalue weighted by atomic mass is 19.4. The number of nitriles is 1. The van der Waals surface area contributed by atoms with Crippen molar-refractivity contribution < 1.29 is 22.7 Å². The summed E-state index contributed by atoms with van der Waals surface area (Å²) >= 11 is 0. The van der Waals surface area contributed by atoms with Crippen LogP contribution in [0.3, 0.4) is 0 Å². The number of carbonyl (C=O) groups excluding carboxylic acids is 1. The number of rotatable bonds is 4. The minimum absolute atomic E-state index is 0.127. The van der Waals surface area contributed by atoms with Crippen molar-refractivity contribution in [2.24, 2.45) is 11.3 Å². The number of halogens is 3. The summed E-state index contributed by atoms with van der Waals surface area (Å²) in [6.45, 7) is 2.77. The summed E-state index contributed by atoms with van der Waals surface area (Å²) in [6, 6.07) is 14.6. The predicted molar refractivity (Wildman–Crippen MR) is 122 cm³/mol. The Hall–Kier alpha value is -3.25. The number of ether oxygens (including phenoxy) is 1. The van der Waals surface area contributed by atoms with Gasteiger partial charge in [-0.25, -0.2) is 4.79 Å². The first-order valence-corrected chi connectivity index (χ1v) is 11.2.